The molecule has 0 saturated heterocycles. The zero-order valence-corrected chi connectivity index (χ0v) is 17.7. The Balaban J connectivity index is 1.80. The Hall–Kier alpha value is -2.34. The van der Waals surface area contributed by atoms with Crippen LogP contribution >= 0.6 is 15.9 Å². The molecule has 0 saturated carbocycles. The number of nitrogens with one attached hydrogen (secondary N) is 2. The van der Waals surface area contributed by atoms with Crippen LogP contribution in [0.1, 0.15) is 49.9 Å². The maximum Gasteiger partial charge on any atom is 0.247 e. The minimum Gasteiger partial charge on any atom is -0.493 e. The van der Waals surface area contributed by atoms with E-state index in [1.54, 1.807) is 0 Å². The van der Waals surface area contributed by atoms with Crippen molar-refractivity contribution in [3.8, 4) is 5.75 Å². The Morgan fingerprint density at radius 3 is 2.64 bits per heavy atom. The van der Waals surface area contributed by atoms with Gasteiger partial charge in [0.2, 0.25) is 11.8 Å². The highest BCUT2D eigenvalue weighted by atomic mass is 79.9. The summed E-state index contributed by atoms with van der Waals surface area (Å²) in [5, 5.41) is 6.00. The maximum atomic E-state index is 13.1. The van der Waals surface area contributed by atoms with Gasteiger partial charge >= 0.3 is 0 Å². The van der Waals surface area contributed by atoms with Crippen molar-refractivity contribution in [1.82, 2.24) is 10.6 Å². The summed E-state index contributed by atoms with van der Waals surface area (Å²) in [4.78, 5) is 25.5. The van der Waals surface area contributed by atoms with Crippen molar-refractivity contribution in [2.45, 2.75) is 38.8 Å². The molecule has 6 heteroatoms. The zero-order valence-electron chi connectivity index (χ0n) is 16.1. The topological polar surface area (TPSA) is 67.4 Å². The lowest BCUT2D eigenvalue weighted by Crippen LogP contribution is -2.42. The van der Waals surface area contributed by atoms with Crippen LogP contribution in [0.5, 0.6) is 5.75 Å². The summed E-state index contributed by atoms with van der Waals surface area (Å²) in [7, 11) is 0. The van der Waals surface area contributed by atoms with Crippen LogP contribution in [0.4, 0.5) is 0 Å². The van der Waals surface area contributed by atoms with Crippen LogP contribution in [0.2, 0.25) is 0 Å². The largest absolute Gasteiger partial charge is 0.493 e. The van der Waals surface area contributed by atoms with Crippen LogP contribution in [0.25, 0.3) is 0 Å². The average molecular weight is 445 g/mol. The molecule has 2 unspecified atom stereocenters. The molecule has 0 aromatic heterocycles. The highest BCUT2D eigenvalue weighted by molar-refractivity contribution is 9.10. The number of amides is 2. The number of fused-ring (bicyclic) bond motifs is 1. The Kier molecular flexibility index (Phi) is 6.73. The summed E-state index contributed by atoms with van der Waals surface area (Å²) in [6, 6.07) is 14.2. The molecule has 2 aromatic carbocycles. The highest BCUT2D eigenvalue weighted by Gasteiger charge is 2.28. The number of carbonyl (C=O) groups is 2. The van der Waals surface area contributed by atoms with E-state index in [-0.39, 0.29) is 23.8 Å². The van der Waals surface area contributed by atoms with E-state index in [4.69, 9.17) is 4.74 Å². The van der Waals surface area contributed by atoms with Crippen molar-refractivity contribution in [3.05, 3.63) is 64.1 Å². The molecule has 3 rings (SSSR count). The van der Waals surface area contributed by atoms with E-state index in [0.29, 0.717) is 19.4 Å². The van der Waals surface area contributed by atoms with Crippen LogP contribution in [-0.2, 0) is 9.59 Å². The highest BCUT2D eigenvalue weighted by Crippen LogP contribution is 2.34. The van der Waals surface area contributed by atoms with E-state index in [1.165, 1.54) is 0 Å². The predicted molar refractivity (Wildman–Crippen MR) is 112 cm³/mol. The van der Waals surface area contributed by atoms with Gasteiger partial charge in [-0.05, 0) is 29.7 Å². The van der Waals surface area contributed by atoms with Crippen molar-refractivity contribution < 1.29 is 14.3 Å². The summed E-state index contributed by atoms with van der Waals surface area (Å²) in [6.45, 7) is 4.50. The second kappa shape index (κ2) is 9.24. The van der Waals surface area contributed by atoms with Gasteiger partial charge in [-0.3, -0.25) is 9.59 Å². The van der Waals surface area contributed by atoms with Crippen LogP contribution in [0.3, 0.4) is 0 Å². The number of rotatable bonds is 6. The Morgan fingerprint density at radius 1 is 1.18 bits per heavy atom. The fraction of sp³-hybridized carbons (Fsp3) is 0.364. The number of benzene rings is 2. The van der Waals surface area contributed by atoms with Gasteiger partial charge in [-0.15, -0.1) is 0 Å². The second-order valence-electron chi connectivity index (χ2n) is 7.39. The van der Waals surface area contributed by atoms with Gasteiger partial charge in [0.1, 0.15) is 11.8 Å². The van der Waals surface area contributed by atoms with E-state index in [0.717, 1.165) is 21.3 Å². The lowest BCUT2D eigenvalue weighted by molar-refractivity contribution is -0.130. The lowest BCUT2D eigenvalue weighted by atomic mass is 9.99. The summed E-state index contributed by atoms with van der Waals surface area (Å²) < 4.78 is 6.63. The molecular formula is C22H25BrN2O3. The van der Waals surface area contributed by atoms with Gasteiger partial charge in [0.25, 0.3) is 0 Å². The molecule has 28 heavy (non-hydrogen) atoms. The van der Waals surface area contributed by atoms with Crippen LogP contribution in [-0.4, -0.2) is 18.4 Å². The fourth-order valence-electron chi connectivity index (χ4n) is 3.31. The summed E-state index contributed by atoms with van der Waals surface area (Å²) >= 11 is 3.48. The Bertz CT molecular complexity index is 839. The van der Waals surface area contributed by atoms with Crippen molar-refractivity contribution in [1.29, 1.82) is 0 Å². The first-order valence-corrected chi connectivity index (χ1v) is 10.3. The van der Waals surface area contributed by atoms with E-state index in [2.05, 4.69) is 26.6 Å². The molecule has 2 N–H and O–H groups in total. The summed E-state index contributed by atoms with van der Waals surface area (Å²) in [5.41, 5.74) is 1.70. The first kappa shape index (κ1) is 20.4. The van der Waals surface area contributed by atoms with Crippen molar-refractivity contribution in [3.63, 3.8) is 0 Å². The fourth-order valence-corrected chi connectivity index (χ4v) is 3.69. The second-order valence-corrected chi connectivity index (χ2v) is 8.31. The maximum absolute atomic E-state index is 13.1. The first-order chi connectivity index (χ1) is 13.4. The van der Waals surface area contributed by atoms with E-state index in [1.807, 2.05) is 62.4 Å². The molecule has 148 valence electrons. The van der Waals surface area contributed by atoms with Gasteiger partial charge in [-0.2, -0.15) is 0 Å². The van der Waals surface area contributed by atoms with Crippen LogP contribution in [0.15, 0.2) is 53.0 Å². The molecule has 0 aliphatic carbocycles. The van der Waals surface area contributed by atoms with Gasteiger partial charge < -0.3 is 15.4 Å². The number of halogens is 1. The lowest BCUT2D eigenvalue weighted by Gasteiger charge is -2.29. The molecule has 0 fully saturated rings. The predicted octanol–water partition coefficient (Wildman–Crippen LogP) is 4.29. The van der Waals surface area contributed by atoms with E-state index in [9.17, 15) is 9.59 Å². The first-order valence-electron chi connectivity index (χ1n) is 9.51. The standard InChI is InChI=1S/C22H25BrN2O3/c1-14(2)12-20(26)25-21(15-6-4-3-5-7-15)22(27)24-18-10-11-28-19-9-8-16(23)13-17(18)19/h3-9,13-14,18,21H,10-12H2,1-2H3,(H,24,27)(H,25,26). The molecular weight excluding hydrogens is 420 g/mol. The summed E-state index contributed by atoms with van der Waals surface area (Å²) in [6.07, 6.45) is 1.06. The smallest absolute Gasteiger partial charge is 0.247 e. The molecule has 0 radical (unpaired) electrons. The minimum atomic E-state index is -0.731. The van der Waals surface area contributed by atoms with Crippen molar-refractivity contribution >= 4 is 27.7 Å². The number of hydrogen-bond donors (Lipinski definition) is 2. The molecule has 2 amide bonds. The molecule has 2 atom stereocenters. The Morgan fingerprint density at radius 2 is 1.93 bits per heavy atom. The third-order valence-electron chi connectivity index (χ3n) is 4.62. The van der Waals surface area contributed by atoms with E-state index < -0.39 is 6.04 Å². The van der Waals surface area contributed by atoms with Crippen molar-refractivity contribution in [2.75, 3.05) is 6.61 Å². The third-order valence-corrected chi connectivity index (χ3v) is 5.12. The molecule has 1 aliphatic heterocycles. The van der Waals surface area contributed by atoms with Crippen LogP contribution in [0, 0.1) is 5.92 Å². The Labute approximate surface area is 174 Å². The quantitative estimate of drug-likeness (QED) is 0.697. The number of ether oxygens (including phenoxy) is 1. The van der Waals surface area contributed by atoms with Gasteiger partial charge in [0.05, 0.1) is 12.6 Å². The minimum absolute atomic E-state index is 0.130. The third kappa shape index (κ3) is 5.13. The van der Waals surface area contributed by atoms with Crippen LogP contribution < -0.4 is 15.4 Å². The number of carbonyl (C=O) groups excluding carboxylic acids is 2. The van der Waals surface area contributed by atoms with Gasteiger partial charge in [-0.1, -0.05) is 60.1 Å². The monoisotopic (exact) mass is 444 g/mol. The SMILES string of the molecule is CC(C)CC(=O)NC(C(=O)NC1CCOc2ccc(Br)cc21)c1ccccc1. The molecule has 0 spiro atoms. The van der Waals surface area contributed by atoms with Gasteiger partial charge in [0.15, 0.2) is 0 Å². The van der Waals surface area contributed by atoms with Gasteiger partial charge in [-0.25, -0.2) is 0 Å². The van der Waals surface area contributed by atoms with Crippen molar-refractivity contribution in [2.24, 2.45) is 5.92 Å². The normalized spacial score (nSPS) is 16.6. The zero-order chi connectivity index (χ0) is 20.1. The average Bonchev–Trinajstić information content (AvgIpc) is 2.66. The number of hydrogen-bond acceptors (Lipinski definition) is 3. The molecule has 5 nitrogen and oxygen atoms in total. The molecule has 2 aromatic rings. The summed E-state index contributed by atoms with van der Waals surface area (Å²) in [5.74, 6) is 0.648. The molecule has 1 aliphatic rings. The van der Waals surface area contributed by atoms with E-state index >= 15 is 0 Å². The van der Waals surface area contributed by atoms with Gasteiger partial charge in [0, 0.05) is 22.9 Å². The molecule has 0 bridgehead atoms. The molecule has 1 heterocycles.